The van der Waals surface area contributed by atoms with Crippen LogP contribution in [0, 0.1) is 5.92 Å². The Hall–Kier alpha value is -3.88. The van der Waals surface area contributed by atoms with Crippen molar-refractivity contribution in [1.82, 2.24) is 4.90 Å². The van der Waals surface area contributed by atoms with Crippen molar-refractivity contribution in [3.8, 4) is 11.5 Å². The monoisotopic (exact) mass is 571 g/mol. The SMILES string of the molecule is CCCCN(C(=O)CN1C[C@H](c2ccc3c(c2)CCO3)C(C(=O)O)[C@@H]1Cc1ccccc1OC)c1cccc(CN)c1. The minimum absolute atomic E-state index is 0.0465. The third-order valence-electron chi connectivity index (χ3n) is 8.63. The Labute approximate surface area is 248 Å². The van der Waals surface area contributed by atoms with Crippen LogP contribution in [0.15, 0.2) is 66.7 Å². The molecule has 1 saturated heterocycles. The van der Waals surface area contributed by atoms with Crippen molar-refractivity contribution in [2.24, 2.45) is 11.7 Å². The fraction of sp³-hybridized carbons (Fsp3) is 0.412. The molecule has 2 heterocycles. The molecule has 8 heteroatoms. The van der Waals surface area contributed by atoms with Crippen LogP contribution in [0.1, 0.15) is 47.9 Å². The molecule has 222 valence electrons. The Morgan fingerprint density at radius 3 is 2.71 bits per heavy atom. The Balaban J connectivity index is 1.49. The average Bonchev–Trinajstić information content (AvgIpc) is 3.62. The van der Waals surface area contributed by atoms with Crippen LogP contribution >= 0.6 is 0 Å². The van der Waals surface area contributed by atoms with Gasteiger partial charge in [-0.3, -0.25) is 14.5 Å². The van der Waals surface area contributed by atoms with Crippen LogP contribution in [0.2, 0.25) is 0 Å². The number of carbonyl (C=O) groups is 2. The summed E-state index contributed by atoms with van der Waals surface area (Å²) in [6, 6.07) is 21.2. The minimum atomic E-state index is -0.856. The summed E-state index contributed by atoms with van der Waals surface area (Å²) in [6.07, 6.45) is 3.08. The van der Waals surface area contributed by atoms with E-state index < -0.39 is 17.9 Å². The Morgan fingerprint density at radius 2 is 1.95 bits per heavy atom. The fourth-order valence-corrected chi connectivity index (χ4v) is 6.44. The normalized spacial score (nSPS) is 19.7. The highest BCUT2D eigenvalue weighted by Crippen LogP contribution is 2.41. The van der Waals surface area contributed by atoms with Crippen molar-refractivity contribution >= 4 is 17.6 Å². The number of likely N-dealkylation sites (tertiary alicyclic amines) is 1. The molecule has 0 aromatic heterocycles. The number of nitrogens with two attached hydrogens (primary N) is 1. The molecule has 3 N–H and O–H groups in total. The van der Waals surface area contributed by atoms with E-state index in [2.05, 4.69) is 17.9 Å². The fourth-order valence-electron chi connectivity index (χ4n) is 6.44. The van der Waals surface area contributed by atoms with Gasteiger partial charge in [-0.1, -0.05) is 55.8 Å². The molecule has 1 fully saturated rings. The summed E-state index contributed by atoms with van der Waals surface area (Å²) in [5.74, 6) is -0.292. The van der Waals surface area contributed by atoms with Gasteiger partial charge in [-0.05, 0) is 59.4 Å². The van der Waals surface area contributed by atoms with Gasteiger partial charge in [-0.25, -0.2) is 0 Å². The molecule has 0 spiro atoms. The number of benzene rings is 3. The summed E-state index contributed by atoms with van der Waals surface area (Å²) in [7, 11) is 1.62. The molecular weight excluding hydrogens is 530 g/mol. The average molecular weight is 572 g/mol. The zero-order valence-corrected chi connectivity index (χ0v) is 24.5. The third-order valence-corrected chi connectivity index (χ3v) is 8.63. The number of hydrogen-bond acceptors (Lipinski definition) is 6. The van der Waals surface area contributed by atoms with Gasteiger partial charge in [-0.15, -0.1) is 0 Å². The number of para-hydroxylation sites is 1. The van der Waals surface area contributed by atoms with Crippen LogP contribution in [-0.4, -0.2) is 61.3 Å². The van der Waals surface area contributed by atoms with E-state index in [9.17, 15) is 14.7 Å². The molecule has 3 aromatic carbocycles. The molecule has 2 aliphatic rings. The number of anilines is 1. The number of unbranched alkanes of at least 4 members (excludes halogenated alkanes) is 1. The first kappa shape index (κ1) is 29.6. The highest BCUT2D eigenvalue weighted by molar-refractivity contribution is 5.95. The van der Waals surface area contributed by atoms with Crippen LogP contribution < -0.4 is 20.1 Å². The second kappa shape index (κ2) is 13.4. The van der Waals surface area contributed by atoms with Gasteiger partial charge in [0.25, 0.3) is 0 Å². The van der Waals surface area contributed by atoms with Crippen LogP contribution in [0.25, 0.3) is 0 Å². The van der Waals surface area contributed by atoms with Crippen LogP contribution in [0.3, 0.4) is 0 Å². The molecule has 3 aromatic rings. The smallest absolute Gasteiger partial charge is 0.308 e. The van der Waals surface area contributed by atoms with Crippen molar-refractivity contribution in [2.75, 3.05) is 38.3 Å². The molecule has 0 radical (unpaired) electrons. The van der Waals surface area contributed by atoms with Gasteiger partial charge < -0.3 is 25.2 Å². The summed E-state index contributed by atoms with van der Waals surface area (Å²) < 4.78 is 11.3. The van der Waals surface area contributed by atoms with E-state index in [4.69, 9.17) is 15.2 Å². The molecule has 0 bridgehead atoms. The minimum Gasteiger partial charge on any atom is -0.496 e. The zero-order valence-electron chi connectivity index (χ0n) is 24.5. The van der Waals surface area contributed by atoms with E-state index in [-0.39, 0.29) is 18.4 Å². The van der Waals surface area contributed by atoms with Crippen LogP contribution in [0.5, 0.6) is 11.5 Å². The number of carboxylic acid groups (broad SMARTS) is 1. The number of amides is 1. The maximum absolute atomic E-state index is 14.1. The largest absolute Gasteiger partial charge is 0.496 e. The number of carbonyl (C=O) groups excluding carboxylic acids is 1. The maximum Gasteiger partial charge on any atom is 0.308 e. The predicted octanol–water partition coefficient (Wildman–Crippen LogP) is 4.63. The number of nitrogens with zero attached hydrogens (tertiary/aromatic N) is 2. The molecule has 0 aliphatic carbocycles. The summed E-state index contributed by atoms with van der Waals surface area (Å²) >= 11 is 0. The first-order valence-corrected chi connectivity index (χ1v) is 14.9. The Kier molecular flexibility index (Phi) is 9.45. The lowest BCUT2D eigenvalue weighted by atomic mass is 9.82. The molecular formula is C34H41N3O5. The number of fused-ring (bicyclic) bond motifs is 1. The van der Waals surface area contributed by atoms with Crippen LogP contribution in [0.4, 0.5) is 5.69 Å². The number of methoxy groups -OCH3 is 1. The lowest BCUT2D eigenvalue weighted by molar-refractivity contribution is -0.143. The summed E-state index contributed by atoms with van der Waals surface area (Å²) in [4.78, 5) is 31.0. The maximum atomic E-state index is 14.1. The van der Waals surface area contributed by atoms with Crippen LogP contribution in [-0.2, 0) is 29.0 Å². The first-order chi connectivity index (χ1) is 20.4. The lowest BCUT2D eigenvalue weighted by Gasteiger charge is -2.30. The molecule has 1 amide bonds. The lowest BCUT2D eigenvalue weighted by Crippen LogP contribution is -2.45. The number of ether oxygens (including phenoxy) is 2. The highest BCUT2D eigenvalue weighted by Gasteiger charge is 2.47. The topological polar surface area (TPSA) is 105 Å². The van der Waals surface area contributed by atoms with E-state index in [0.29, 0.717) is 38.4 Å². The molecule has 42 heavy (non-hydrogen) atoms. The third kappa shape index (κ3) is 6.30. The van der Waals surface area contributed by atoms with E-state index in [1.54, 1.807) is 7.11 Å². The van der Waals surface area contributed by atoms with Crippen molar-refractivity contribution < 1.29 is 24.2 Å². The standard InChI is InChI=1S/C34H41N3O5/c1-3-4-15-37(27-10-7-8-23(17-27)20-35)32(38)22-36-21-28(24-12-13-31-26(18-24)14-16-42-31)33(34(39)40)29(36)19-25-9-5-6-11-30(25)41-2/h5-13,17-18,28-29,33H,3-4,14-16,19-22,35H2,1-2H3,(H,39,40)/t28-,29+,33?/m1/s1. The van der Waals surface area contributed by atoms with Crippen molar-refractivity contribution in [1.29, 1.82) is 0 Å². The highest BCUT2D eigenvalue weighted by atomic mass is 16.5. The Morgan fingerprint density at radius 1 is 1.12 bits per heavy atom. The van der Waals surface area contributed by atoms with Crippen molar-refractivity contribution in [3.05, 3.63) is 89.0 Å². The molecule has 8 nitrogen and oxygen atoms in total. The second-order valence-electron chi connectivity index (χ2n) is 11.2. The zero-order chi connectivity index (χ0) is 29.6. The van der Waals surface area contributed by atoms with E-state index in [1.165, 1.54) is 0 Å². The molecule has 2 aliphatic heterocycles. The molecule has 1 unspecified atom stereocenters. The molecule has 5 rings (SSSR count). The van der Waals surface area contributed by atoms with Gasteiger partial charge >= 0.3 is 5.97 Å². The van der Waals surface area contributed by atoms with Gasteiger partial charge in [0.2, 0.25) is 5.91 Å². The number of rotatable bonds is 12. The van der Waals surface area contributed by atoms with E-state index >= 15 is 0 Å². The van der Waals surface area contributed by atoms with Crippen molar-refractivity contribution in [3.63, 3.8) is 0 Å². The van der Waals surface area contributed by atoms with Crippen molar-refractivity contribution in [2.45, 2.75) is 51.1 Å². The summed E-state index contributed by atoms with van der Waals surface area (Å²) in [6.45, 7) is 4.31. The molecule has 0 saturated carbocycles. The van der Waals surface area contributed by atoms with E-state index in [0.717, 1.165) is 53.0 Å². The number of aliphatic carboxylic acids is 1. The second-order valence-corrected chi connectivity index (χ2v) is 11.2. The summed E-state index contributed by atoms with van der Waals surface area (Å²) in [5, 5.41) is 10.6. The Bertz CT molecular complexity index is 1410. The summed E-state index contributed by atoms with van der Waals surface area (Å²) in [5.41, 5.74) is 10.7. The quantitative estimate of drug-likeness (QED) is 0.327. The van der Waals surface area contributed by atoms with Gasteiger partial charge in [-0.2, -0.15) is 0 Å². The number of hydrogen-bond donors (Lipinski definition) is 2. The predicted molar refractivity (Wildman–Crippen MR) is 163 cm³/mol. The number of carboxylic acids is 1. The van der Waals surface area contributed by atoms with Gasteiger partial charge in [0.1, 0.15) is 11.5 Å². The van der Waals surface area contributed by atoms with Gasteiger partial charge in [0.05, 0.1) is 26.2 Å². The molecule has 3 atom stereocenters. The van der Waals surface area contributed by atoms with Gasteiger partial charge in [0, 0.05) is 43.7 Å². The van der Waals surface area contributed by atoms with E-state index in [1.807, 2.05) is 65.6 Å². The van der Waals surface area contributed by atoms with Gasteiger partial charge in [0.15, 0.2) is 0 Å². The first-order valence-electron chi connectivity index (χ1n) is 14.9.